The van der Waals surface area contributed by atoms with Gasteiger partial charge in [0.2, 0.25) is 0 Å². The van der Waals surface area contributed by atoms with E-state index in [2.05, 4.69) is 4.98 Å². The molecule has 0 fully saturated rings. The highest BCUT2D eigenvalue weighted by molar-refractivity contribution is 5.86. The third-order valence-corrected chi connectivity index (χ3v) is 3.06. The van der Waals surface area contributed by atoms with E-state index in [9.17, 15) is 4.79 Å². The van der Waals surface area contributed by atoms with Gasteiger partial charge in [0.15, 0.2) is 0 Å². The maximum Gasteiger partial charge on any atom is 0.420 e. The van der Waals surface area contributed by atoms with E-state index in [0.717, 1.165) is 16.6 Å². The lowest BCUT2D eigenvalue weighted by Gasteiger charge is -2.03. The van der Waals surface area contributed by atoms with E-state index in [1.807, 2.05) is 66.7 Å². The van der Waals surface area contributed by atoms with Crippen LogP contribution in [0, 0.1) is 0 Å². The molecule has 2 aromatic carbocycles. The molecular weight excluding hydrogens is 264 g/mol. The zero-order valence-corrected chi connectivity index (χ0v) is 11.3. The second-order valence-electron chi connectivity index (χ2n) is 4.49. The van der Waals surface area contributed by atoms with Crippen LogP contribution in [-0.2, 0) is 4.74 Å². The van der Waals surface area contributed by atoms with Gasteiger partial charge in [0.25, 0.3) is 0 Å². The number of benzene rings is 2. The summed E-state index contributed by atoms with van der Waals surface area (Å²) < 4.78 is 6.62. The third-order valence-electron chi connectivity index (χ3n) is 3.06. The van der Waals surface area contributed by atoms with E-state index in [4.69, 9.17) is 4.74 Å². The zero-order valence-electron chi connectivity index (χ0n) is 11.3. The molecule has 0 aliphatic rings. The normalized spacial score (nSPS) is 11.0. The van der Waals surface area contributed by atoms with Gasteiger partial charge in [0, 0.05) is 0 Å². The number of hydrogen-bond acceptors (Lipinski definition) is 3. The van der Waals surface area contributed by atoms with Crippen LogP contribution in [0.4, 0.5) is 4.79 Å². The van der Waals surface area contributed by atoms with Crippen molar-refractivity contribution in [1.82, 2.24) is 9.55 Å². The molecule has 0 unspecified atom stereocenters. The topological polar surface area (TPSA) is 44.1 Å². The fourth-order valence-corrected chi connectivity index (χ4v) is 2.04. The van der Waals surface area contributed by atoms with Crippen LogP contribution in [0.2, 0.25) is 0 Å². The minimum absolute atomic E-state index is 0.222. The summed E-state index contributed by atoms with van der Waals surface area (Å²) in [5, 5.41) is 0. The van der Waals surface area contributed by atoms with Crippen LogP contribution >= 0.6 is 0 Å². The molecule has 0 saturated carbocycles. The lowest BCUT2D eigenvalue weighted by atomic mass is 10.2. The summed E-state index contributed by atoms with van der Waals surface area (Å²) in [6, 6.07) is 17.3. The third kappa shape index (κ3) is 3.00. The molecule has 0 radical (unpaired) electrons. The van der Waals surface area contributed by atoms with E-state index in [1.54, 1.807) is 0 Å². The number of carbonyl (C=O) groups is 1. The summed E-state index contributed by atoms with van der Waals surface area (Å²) in [5.41, 5.74) is 2.59. The smallest absolute Gasteiger partial charge is 0.420 e. The molecule has 104 valence electrons. The number of rotatable bonds is 3. The first-order valence-corrected chi connectivity index (χ1v) is 6.65. The Morgan fingerprint density at radius 3 is 2.71 bits per heavy atom. The van der Waals surface area contributed by atoms with Gasteiger partial charge in [-0.05, 0) is 23.8 Å². The Kier molecular flexibility index (Phi) is 3.78. The molecule has 0 saturated heterocycles. The number of imidazole rings is 1. The molecule has 0 bridgehead atoms. The van der Waals surface area contributed by atoms with Crippen LogP contribution in [0.15, 0.2) is 67.0 Å². The Morgan fingerprint density at radius 1 is 1.10 bits per heavy atom. The first kappa shape index (κ1) is 13.1. The van der Waals surface area contributed by atoms with Gasteiger partial charge in [-0.3, -0.25) is 0 Å². The standard InChI is InChI=1S/C17H14N2O2/c20-17(19-13-18-15-10-4-5-11-16(15)19)21-12-6-9-14-7-2-1-3-8-14/h1-11,13H,12H2/b9-6+. The van der Waals surface area contributed by atoms with Crippen LogP contribution in [0.1, 0.15) is 5.56 Å². The number of fused-ring (bicyclic) bond motifs is 1. The highest BCUT2D eigenvalue weighted by Crippen LogP contribution is 2.12. The van der Waals surface area contributed by atoms with Gasteiger partial charge in [-0.25, -0.2) is 14.3 Å². The van der Waals surface area contributed by atoms with Crippen LogP contribution in [0.5, 0.6) is 0 Å². The van der Waals surface area contributed by atoms with Crippen LogP contribution in [-0.4, -0.2) is 22.3 Å². The zero-order chi connectivity index (χ0) is 14.5. The van der Waals surface area contributed by atoms with Crippen LogP contribution in [0.25, 0.3) is 17.1 Å². The fourth-order valence-electron chi connectivity index (χ4n) is 2.04. The number of hydrogen-bond donors (Lipinski definition) is 0. The summed E-state index contributed by atoms with van der Waals surface area (Å²) in [5.74, 6) is 0. The quantitative estimate of drug-likeness (QED) is 0.733. The molecule has 0 aliphatic carbocycles. The van der Waals surface area contributed by atoms with Gasteiger partial charge in [-0.15, -0.1) is 0 Å². The molecule has 1 aromatic heterocycles. The average molecular weight is 278 g/mol. The Hall–Kier alpha value is -2.88. The van der Waals surface area contributed by atoms with Crippen molar-refractivity contribution in [2.45, 2.75) is 0 Å². The second-order valence-corrected chi connectivity index (χ2v) is 4.49. The lowest BCUT2D eigenvalue weighted by molar-refractivity contribution is 0.161. The summed E-state index contributed by atoms with van der Waals surface area (Å²) in [6.07, 6.45) is 4.78. The number of nitrogens with zero attached hydrogens (tertiary/aromatic N) is 2. The summed E-state index contributed by atoms with van der Waals surface area (Å²) in [7, 11) is 0. The average Bonchev–Trinajstić information content (AvgIpc) is 2.96. The number of ether oxygens (including phenoxy) is 1. The highest BCUT2D eigenvalue weighted by Gasteiger charge is 2.09. The number of carbonyl (C=O) groups excluding carboxylic acids is 1. The molecule has 4 nitrogen and oxygen atoms in total. The monoisotopic (exact) mass is 278 g/mol. The maximum absolute atomic E-state index is 12.0. The Labute approximate surface area is 122 Å². The molecule has 4 heteroatoms. The Morgan fingerprint density at radius 2 is 1.86 bits per heavy atom. The van der Waals surface area contributed by atoms with E-state index in [-0.39, 0.29) is 6.61 Å². The van der Waals surface area contributed by atoms with E-state index < -0.39 is 6.09 Å². The largest absolute Gasteiger partial charge is 0.445 e. The van der Waals surface area contributed by atoms with Crippen LogP contribution in [0.3, 0.4) is 0 Å². The molecule has 0 aliphatic heterocycles. The maximum atomic E-state index is 12.0. The molecule has 21 heavy (non-hydrogen) atoms. The van der Waals surface area contributed by atoms with Crippen molar-refractivity contribution in [1.29, 1.82) is 0 Å². The molecule has 0 atom stereocenters. The first-order valence-electron chi connectivity index (χ1n) is 6.65. The van der Waals surface area contributed by atoms with E-state index in [0.29, 0.717) is 0 Å². The predicted octanol–water partition coefficient (Wildman–Crippen LogP) is 3.73. The van der Waals surface area contributed by atoms with Gasteiger partial charge in [-0.2, -0.15) is 0 Å². The van der Waals surface area contributed by atoms with Crippen molar-refractivity contribution in [3.05, 3.63) is 72.6 Å². The van der Waals surface area contributed by atoms with Crippen molar-refractivity contribution in [2.75, 3.05) is 6.61 Å². The SMILES string of the molecule is O=C(OC/C=C/c1ccccc1)n1cnc2ccccc21. The van der Waals surface area contributed by atoms with Gasteiger partial charge in [-0.1, -0.05) is 48.5 Å². The predicted molar refractivity (Wildman–Crippen MR) is 82.0 cm³/mol. The molecule has 0 N–H and O–H groups in total. The second kappa shape index (κ2) is 6.05. The number of aromatic nitrogens is 2. The van der Waals surface area contributed by atoms with Crippen molar-refractivity contribution >= 4 is 23.2 Å². The van der Waals surface area contributed by atoms with Crippen molar-refractivity contribution in [3.63, 3.8) is 0 Å². The Bertz CT molecular complexity index is 776. The summed E-state index contributed by atoms with van der Waals surface area (Å²) >= 11 is 0. The number of para-hydroxylation sites is 2. The van der Waals surface area contributed by atoms with Gasteiger partial charge in [0.1, 0.15) is 12.9 Å². The summed E-state index contributed by atoms with van der Waals surface area (Å²) in [6.45, 7) is 0.222. The molecule has 1 heterocycles. The molecule has 3 rings (SSSR count). The summed E-state index contributed by atoms with van der Waals surface area (Å²) in [4.78, 5) is 16.2. The minimum Gasteiger partial charge on any atom is -0.445 e. The fraction of sp³-hybridized carbons (Fsp3) is 0.0588. The van der Waals surface area contributed by atoms with Crippen molar-refractivity contribution in [3.8, 4) is 0 Å². The van der Waals surface area contributed by atoms with E-state index >= 15 is 0 Å². The molecule has 3 aromatic rings. The van der Waals surface area contributed by atoms with Crippen molar-refractivity contribution < 1.29 is 9.53 Å². The van der Waals surface area contributed by atoms with E-state index in [1.165, 1.54) is 10.9 Å². The molecule has 0 spiro atoms. The molecule has 0 amide bonds. The lowest BCUT2D eigenvalue weighted by Crippen LogP contribution is -2.12. The van der Waals surface area contributed by atoms with Crippen molar-refractivity contribution in [2.24, 2.45) is 0 Å². The van der Waals surface area contributed by atoms with Crippen LogP contribution < -0.4 is 0 Å². The van der Waals surface area contributed by atoms with Gasteiger partial charge >= 0.3 is 6.09 Å². The minimum atomic E-state index is -0.429. The first-order chi connectivity index (χ1) is 10.3. The Balaban J connectivity index is 1.63. The van der Waals surface area contributed by atoms with Gasteiger partial charge in [0.05, 0.1) is 11.0 Å². The molecular formula is C17H14N2O2. The van der Waals surface area contributed by atoms with Gasteiger partial charge < -0.3 is 4.74 Å². The highest BCUT2D eigenvalue weighted by atomic mass is 16.5.